The second-order valence-corrected chi connectivity index (χ2v) is 3.85. The molecule has 0 spiro atoms. The molecule has 0 unspecified atom stereocenters. The maximum absolute atomic E-state index is 11.4. The highest BCUT2D eigenvalue weighted by Crippen LogP contribution is 2.26. The van der Waals surface area contributed by atoms with Gasteiger partial charge in [-0.2, -0.15) is 0 Å². The Hall–Kier alpha value is -0.570. The van der Waals surface area contributed by atoms with Crippen LogP contribution in [0.1, 0.15) is 26.2 Å². The van der Waals surface area contributed by atoms with Gasteiger partial charge in [0.25, 0.3) is 0 Å². The Kier molecular flexibility index (Phi) is 4.22. The average Bonchev–Trinajstić information content (AvgIpc) is 2.06. The fraction of sp³-hybridized carbons (Fsp3) is 0.900. The average molecular weight is 184 g/mol. The number of amides is 1. The molecule has 1 saturated carbocycles. The molecule has 1 N–H and O–H groups in total. The van der Waals surface area contributed by atoms with E-state index in [1.807, 2.05) is 18.9 Å². The zero-order valence-electron chi connectivity index (χ0n) is 8.68. The molecule has 1 aliphatic carbocycles. The smallest absolute Gasteiger partial charge is 0.236 e. The van der Waals surface area contributed by atoms with E-state index in [1.54, 1.807) is 0 Å². The lowest BCUT2D eigenvalue weighted by molar-refractivity contribution is -0.129. The third-order valence-corrected chi connectivity index (χ3v) is 2.71. The van der Waals surface area contributed by atoms with Gasteiger partial charge in [-0.1, -0.05) is 13.3 Å². The second kappa shape index (κ2) is 5.22. The van der Waals surface area contributed by atoms with Crippen molar-refractivity contribution >= 4 is 5.91 Å². The molecule has 1 fully saturated rings. The van der Waals surface area contributed by atoms with Gasteiger partial charge in [-0.3, -0.25) is 4.79 Å². The van der Waals surface area contributed by atoms with Crippen molar-refractivity contribution in [2.24, 2.45) is 5.92 Å². The van der Waals surface area contributed by atoms with Gasteiger partial charge in [0.1, 0.15) is 0 Å². The molecule has 0 aromatic carbocycles. The van der Waals surface area contributed by atoms with E-state index in [1.165, 1.54) is 19.3 Å². The molecule has 0 bridgehead atoms. The van der Waals surface area contributed by atoms with Gasteiger partial charge < -0.3 is 10.2 Å². The Labute approximate surface area is 80.5 Å². The zero-order valence-corrected chi connectivity index (χ0v) is 8.68. The van der Waals surface area contributed by atoms with Crippen molar-refractivity contribution in [2.75, 3.05) is 26.7 Å². The van der Waals surface area contributed by atoms with Crippen LogP contribution in [-0.4, -0.2) is 37.5 Å². The van der Waals surface area contributed by atoms with Crippen molar-refractivity contribution in [1.29, 1.82) is 0 Å². The molecule has 3 heteroatoms. The number of carbonyl (C=O) groups excluding carboxylic acids is 1. The summed E-state index contributed by atoms with van der Waals surface area (Å²) < 4.78 is 0. The first kappa shape index (κ1) is 10.5. The fourth-order valence-electron chi connectivity index (χ4n) is 1.53. The predicted octanol–water partition coefficient (Wildman–Crippen LogP) is 0.854. The highest BCUT2D eigenvalue weighted by Gasteiger charge is 2.20. The summed E-state index contributed by atoms with van der Waals surface area (Å²) in [7, 11) is 1.90. The molecule has 0 radical (unpaired) electrons. The predicted molar refractivity (Wildman–Crippen MR) is 53.5 cm³/mol. The summed E-state index contributed by atoms with van der Waals surface area (Å²) in [6.45, 7) is 4.31. The Balaban J connectivity index is 2.13. The molecule has 1 aliphatic rings. The summed E-state index contributed by atoms with van der Waals surface area (Å²) in [6.07, 6.45) is 3.96. The Bertz CT molecular complexity index is 166. The molecule has 76 valence electrons. The summed E-state index contributed by atoms with van der Waals surface area (Å²) in [6, 6.07) is 0. The van der Waals surface area contributed by atoms with Crippen LogP contribution in [0.5, 0.6) is 0 Å². The summed E-state index contributed by atoms with van der Waals surface area (Å²) in [5.74, 6) is 0.990. The third kappa shape index (κ3) is 3.35. The highest BCUT2D eigenvalue weighted by molar-refractivity contribution is 5.77. The molecule has 0 heterocycles. The molecule has 0 aromatic heterocycles. The van der Waals surface area contributed by atoms with E-state index in [4.69, 9.17) is 0 Å². The summed E-state index contributed by atoms with van der Waals surface area (Å²) in [5.41, 5.74) is 0. The molecule has 0 aliphatic heterocycles. The fourth-order valence-corrected chi connectivity index (χ4v) is 1.53. The lowest BCUT2D eigenvalue weighted by atomic mass is 9.85. The van der Waals surface area contributed by atoms with Crippen LogP contribution in [-0.2, 0) is 4.79 Å². The third-order valence-electron chi connectivity index (χ3n) is 2.71. The van der Waals surface area contributed by atoms with Gasteiger partial charge in [-0.25, -0.2) is 0 Å². The van der Waals surface area contributed by atoms with Gasteiger partial charge in [0.05, 0.1) is 6.54 Å². The molecule has 0 saturated heterocycles. The highest BCUT2D eigenvalue weighted by atomic mass is 16.2. The minimum absolute atomic E-state index is 0.216. The van der Waals surface area contributed by atoms with E-state index >= 15 is 0 Å². The number of hydrogen-bond acceptors (Lipinski definition) is 2. The zero-order chi connectivity index (χ0) is 9.68. The van der Waals surface area contributed by atoms with Gasteiger partial charge in [0, 0.05) is 13.6 Å². The van der Waals surface area contributed by atoms with E-state index in [0.717, 1.165) is 19.0 Å². The minimum atomic E-state index is 0.216. The van der Waals surface area contributed by atoms with Gasteiger partial charge in [-0.15, -0.1) is 0 Å². The molecular weight excluding hydrogens is 164 g/mol. The first-order chi connectivity index (χ1) is 6.24. The molecule has 0 aromatic rings. The summed E-state index contributed by atoms with van der Waals surface area (Å²) in [5, 5.41) is 3.05. The van der Waals surface area contributed by atoms with E-state index in [2.05, 4.69) is 5.32 Å². The Morgan fingerprint density at radius 1 is 1.54 bits per heavy atom. The second-order valence-electron chi connectivity index (χ2n) is 3.85. The van der Waals surface area contributed by atoms with Crippen LogP contribution in [0, 0.1) is 5.92 Å². The number of hydrogen-bond donors (Lipinski definition) is 1. The Morgan fingerprint density at radius 2 is 2.23 bits per heavy atom. The first-order valence-corrected chi connectivity index (χ1v) is 5.18. The standard InChI is InChI=1S/C10H20N2O/c1-3-11-7-10(13)12(2)8-9-5-4-6-9/h9,11H,3-8H2,1-2H3. The van der Waals surface area contributed by atoms with Crippen LogP contribution in [0.3, 0.4) is 0 Å². The normalized spacial score (nSPS) is 16.8. The van der Waals surface area contributed by atoms with Crippen molar-refractivity contribution in [2.45, 2.75) is 26.2 Å². The largest absolute Gasteiger partial charge is 0.344 e. The summed E-state index contributed by atoms with van der Waals surface area (Å²) >= 11 is 0. The molecule has 0 atom stereocenters. The van der Waals surface area contributed by atoms with E-state index < -0.39 is 0 Å². The van der Waals surface area contributed by atoms with Gasteiger partial charge in [0.2, 0.25) is 5.91 Å². The van der Waals surface area contributed by atoms with Crippen molar-refractivity contribution in [3.63, 3.8) is 0 Å². The van der Waals surface area contributed by atoms with Crippen molar-refractivity contribution in [3.05, 3.63) is 0 Å². The number of nitrogens with one attached hydrogen (secondary N) is 1. The van der Waals surface area contributed by atoms with Crippen LogP contribution in [0.15, 0.2) is 0 Å². The maximum atomic E-state index is 11.4. The van der Waals surface area contributed by atoms with Crippen molar-refractivity contribution in [1.82, 2.24) is 10.2 Å². The molecule has 1 amide bonds. The SMILES string of the molecule is CCNCC(=O)N(C)CC1CCC1. The van der Waals surface area contributed by atoms with Crippen molar-refractivity contribution in [3.8, 4) is 0 Å². The quantitative estimate of drug-likeness (QED) is 0.687. The monoisotopic (exact) mass is 184 g/mol. The lowest BCUT2D eigenvalue weighted by Crippen LogP contribution is -2.39. The summed E-state index contributed by atoms with van der Waals surface area (Å²) in [4.78, 5) is 13.3. The number of rotatable bonds is 5. The van der Waals surface area contributed by atoms with Gasteiger partial charge >= 0.3 is 0 Å². The van der Waals surface area contributed by atoms with E-state index in [-0.39, 0.29) is 5.91 Å². The minimum Gasteiger partial charge on any atom is -0.344 e. The molecule has 3 nitrogen and oxygen atoms in total. The van der Waals surface area contributed by atoms with Gasteiger partial charge in [-0.05, 0) is 25.3 Å². The topological polar surface area (TPSA) is 32.3 Å². The maximum Gasteiger partial charge on any atom is 0.236 e. The molecular formula is C10H20N2O. The van der Waals surface area contributed by atoms with Gasteiger partial charge in [0.15, 0.2) is 0 Å². The van der Waals surface area contributed by atoms with Crippen LogP contribution in [0.25, 0.3) is 0 Å². The number of carbonyl (C=O) groups is 1. The van der Waals surface area contributed by atoms with Crippen LogP contribution in [0.2, 0.25) is 0 Å². The first-order valence-electron chi connectivity index (χ1n) is 5.18. The lowest BCUT2D eigenvalue weighted by Gasteiger charge is -2.30. The van der Waals surface area contributed by atoms with Crippen LogP contribution >= 0.6 is 0 Å². The number of nitrogens with zero attached hydrogens (tertiary/aromatic N) is 1. The Morgan fingerprint density at radius 3 is 2.69 bits per heavy atom. The van der Waals surface area contributed by atoms with Crippen LogP contribution in [0.4, 0.5) is 0 Å². The molecule has 1 rings (SSSR count). The molecule has 13 heavy (non-hydrogen) atoms. The van der Waals surface area contributed by atoms with E-state index in [0.29, 0.717) is 6.54 Å². The van der Waals surface area contributed by atoms with E-state index in [9.17, 15) is 4.79 Å². The van der Waals surface area contributed by atoms with Crippen LogP contribution < -0.4 is 5.32 Å². The van der Waals surface area contributed by atoms with Crippen molar-refractivity contribution < 1.29 is 4.79 Å². The number of likely N-dealkylation sites (N-methyl/N-ethyl adjacent to an activating group) is 2.